The van der Waals surface area contributed by atoms with Crippen molar-refractivity contribution in [2.45, 2.75) is 97.9 Å². The predicted octanol–water partition coefficient (Wildman–Crippen LogP) is 8.03. The first kappa shape index (κ1) is 110. The Balaban J connectivity index is 1.06. The minimum atomic E-state index is -0.555. The largest absolute Gasteiger partial charge is 0.486 e. The van der Waals surface area contributed by atoms with Crippen molar-refractivity contribution in [2.75, 3.05) is 330 Å². The van der Waals surface area contributed by atoms with E-state index in [4.69, 9.17) is 137 Å². The molecule has 34 heteroatoms. The van der Waals surface area contributed by atoms with Gasteiger partial charge in [-0.2, -0.15) is 0 Å². The Kier molecular flexibility index (Phi) is 72.0. The van der Waals surface area contributed by atoms with Crippen molar-refractivity contribution in [3.8, 4) is 22.6 Å². The third kappa shape index (κ3) is 73.3. The molecule has 0 saturated heterocycles. The van der Waals surface area contributed by atoms with Crippen LogP contribution in [0.2, 0.25) is 0 Å². The molecule has 0 bridgehead atoms. The summed E-state index contributed by atoms with van der Waals surface area (Å²) in [5.74, 6) is -0.500. The van der Waals surface area contributed by atoms with E-state index in [2.05, 4.69) is 0 Å². The molecule has 3 rings (SSSR count). The van der Waals surface area contributed by atoms with Crippen molar-refractivity contribution in [2.24, 2.45) is 0 Å². The van der Waals surface area contributed by atoms with E-state index >= 15 is 0 Å². The molecule has 0 aromatic heterocycles. The lowest BCUT2D eigenvalue weighted by Crippen LogP contribution is -2.24. The van der Waals surface area contributed by atoms with Crippen LogP contribution in [0.15, 0.2) is 72.8 Å². The Morgan fingerprint density at radius 2 is 0.492 bits per heavy atom. The van der Waals surface area contributed by atoms with Crippen molar-refractivity contribution < 1.29 is 161 Å². The second-order valence-electron chi connectivity index (χ2n) is 28.6. The van der Waals surface area contributed by atoms with Crippen LogP contribution < -0.4 is 9.47 Å². The standard InChI is InChI=1S/C88H144O34/c1-87(2,3)121-84(91)20-24-96-28-32-100-36-40-104-44-48-108-52-56-112-60-64-116-68-66-114-62-58-110-54-50-106-46-42-102-38-34-98-30-26-94-22-10-14-80(89)74-118-82-18-16-77(17-19-82)78-70-79(86(93)120-73-76-12-8-7-9-13-76)72-83(71-78)119-75-81(90)15-11-23-95-27-31-99-35-39-103-43-47-107-51-55-111-59-63-115-67-69-117-65-61-113-57-53-109-49-45-105-41-37-101-33-29-97-25-21-85(92)122-88(4,5)6/h7-9,12-13,16-19,70-72H,10-11,14-15,20-69,73-75H2,1-6H3. The quantitative estimate of drug-likeness (QED) is 0.0293. The molecule has 0 radical (unpaired) electrons. The van der Waals surface area contributed by atoms with E-state index in [-0.39, 0.29) is 68.2 Å². The van der Waals surface area contributed by atoms with E-state index < -0.39 is 17.2 Å². The Morgan fingerprint density at radius 3 is 0.754 bits per heavy atom. The maximum Gasteiger partial charge on any atom is 0.338 e. The lowest BCUT2D eigenvalue weighted by atomic mass is 10.0. The molecule has 122 heavy (non-hydrogen) atoms. The van der Waals surface area contributed by atoms with Crippen molar-refractivity contribution in [3.63, 3.8) is 0 Å². The summed E-state index contributed by atoms with van der Waals surface area (Å²) < 4.78 is 161. The number of carbonyl (C=O) groups excluding carboxylic acids is 5. The highest BCUT2D eigenvalue weighted by Gasteiger charge is 2.19. The van der Waals surface area contributed by atoms with Gasteiger partial charge in [0.25, 0.3) is 0 Å². The van der Waals surface area contributed by atoms with Crippen molar-refractivity contribution in [3.05, 3.63) is 83.9 Å². The van der Waals surface area contributed by atoms with Gasteiger partial charge in [0.05, 0.1) is 322 Å². The smallest absolute Gasteiger partial charge is 0.338 e. The highest BCUT2D eigenvalue weighted by Crippen LogP contribution is 2.29. The third-order valence-corrected chi connectivity index (χ3v) is 15.8. The van der Waals surface area contributed by atoms with Crippen molar-refractivity contribution >= 4 is 29.5 Å². The van der Waals surface area contributed by atoms with E-state index in [0.717, 1.165) is 11.1 Å². The molecule has 0 atom stereocenters. The van der Waals surface area contributed by atoms with Gasteiger partial charge in [0.2, 0.25) is 0 Å². The summed E-state index contributed by atoms with van der Waals surface area (Å²) in [5, 5.41) is 0. The summed E-state index contributed by atoms with van der Waals surface area (Å²) in [5.41, 5.74) is 1.48. The van der Waals surface area contributed by atoms with Crippen LogP contribution in [-0.2, 0) is 154 Å². The SMILES string of the molecule is CC(C)(C)OC(=O)CCOCCOCCOCCOCCOCCOCCOCCOCCOCCOCCOCCOCCCC(=O)COc1ccc(-c2cc(OCC(=O)CCCOCCOCCOCCOCCOCCOCCOCCOCCOCCOCCOCCOCCC(=O)OC(C)(C)C)cc(C(=O)OCc3ccccc3)c2)cc1. The molecule has 0 N–H and O–H groups in total. The molecule has 700 valence electrons. The van der Waals surface area contributed by atoms with E-state index in [1.807, 2.05) is 84.0 Å². The Morgan fingerprint density at radius 1 is 0.246 bits per heavy atom. The number of Topliss-reactive ketones (excluding diaryl/α,β-unsaturated/α-hetero) is 2. The molecule has 0 aliphatic rings. The van der Waals surface area contributed by atoms with Gasteiger partial charge in [0.15, 0.2) is 11.6 Å². The van der Waals surface area contributed by atoms with E-state index in [1.54, 1.807) is 30.3 Å². The molecule has 0 spiro atoms. The van der Waals surface area contributed by atoms with Gasteiger partial charge in [-0.1, -0.05) is 42.5 Å². The van der Waals surface area contributed by atoms with Gasteiger partial charge in [-0.15, -0.1) is 0 Å². The van der Waals surface area contributed by atoms with Crippen molar-refractivity contribution in [1.29, 1.82) is 0 Å². The van der Waals surface area contributed by atoms with Gasteiger partial charge in [0, 0.05) is 26.1 Å². The number of carbonyl (C=O) groups is 5. The Labute approximate surface area is 722 Å². The van der Waals surface area contributed by atoms with E-state index in [1.165, 1.54) is 0 Å². The lowest BCUT2D eigenvalue weighted by molar-refractivity contribution is -0.157. The fourth-order valence-corrected chi connectivity index (χ4v) is 9.87. The highest BCUT2D eigenvalue weighted by molar-refractivity contribution is 5.92. The minimum absolute atomic E-state index is 0.0700. The summed E-state index contributed by atoms with van der Waals surface area (Å²) in [6, 6.07) is 21.5. The number of hydrogen-bond donors (Lipinski definition) is 0. The van der Waals surface area contributed by atoms with Crippen LogP contribution >= 0.6 is 0 Å². The van der Waals surface area contributed by atoms with Crippen LogP contribution in [0.3, 0.4) is 0 Å². The summed E-state index contributed by atoms with van der Waals surface area (Å²) >= 11 is 0. The minimum Gasteiger partial charge on any atom is -0.486 e. The monoisotopic (exact) mass is 1740 g/mol. The number of rotatable bonds is 90. The molecule has 0 saturated carbocycles. The second kappa shape index (κ2) is 79.7. The van der Waals surface area contributed by atoms with Gasteiger partial charge < -0.3 is 137 Å². The summed E-state index contributed by atoms with van der Waals surface area (Å²) in [6.07, 6.45) is 1.98. The van der Waals surface area contributed by atoms with Gasteiger partial charge >= 0.3 is 17.9 Å². The maximum absolute atomic E-state index is 13.4. The third-order valence-electron chi connectivity index (χ3n) is 15.8. The topological polar surface area (TPSA) is 353 Å². The first-order valence-electron chi connectivity index (χ1n) is 42.6. The van der Waals surface area contributed by atoms with Gasteiger partial charge in [-0.05, 0) is 101 Å². The maximum atomic E-state index is 13.4. The highest BCUT2D eigenvalue weighted by atomic mass is 16.6. The van der Waals surface area contributed by atoms with E-state index in [9.17, 15) is 24.0 Å². The molecule has 34 nitrogen and oxygen atoms in total. The number of ketones is 2. The zero-order valence-corrected chi connectivity index (χ0v) is 73.6. The average molecular weight is 1750 g/mol. The molecule has 0 aliphatic heterocycles. The Hall–Kier alpha value is -5.95. The van der Waals surface area contributed by atoms with Crippen LogP contribution in [-0.4, -0.2) is 371 Å². The normalized spacial score (nSPS) is 11.7. The fourth-order valence-electron chi connectivity index (χ4n) is 9.87. The van der Waals surface area contributed by atoms with Crippen LogP contribution in [0.1, 0.15) is 96.0 Å². The average Bonchev–Trinajstić information content (AvgIpc) is 0.820. The summed E-state index contributed by atoms with van der Waals surface area (Å²) in [7, 11) is 0. The second-order valence-corrected chi connectivity index (χ2v) is 28.6. The molecule has 3 aromatic carbocycles. The number of benzene rings is 3. The first-order valence-corrected chi connectivity index (χ1v) is 42.6. The molecule has 0 aliphatic carbocycles. The van der Waals surface area contributed by atoms with Gasteiger partial charge in [-0.25, -0.2) is 4.79 Å². The molecular weight excluding hydrogens is 1600 g/mol. The molecular formula is C88H144O34. The lowest BCUT2D eigenvalue weighted by Gasteiger charge is -2.19. The molecule has 0 fully saturated rings. The van der Waals surface area contributed by atoms with Crippen LogP contribution in [0.4, 0.5) is 0 Å². The molecule has 3 aromatic rings. The van der Waals surface area contributed by atoms with Gasteiger partial charge in [0.1, 0.15) is 42.5 Å². The zero-order chi connectivity index (χ0) is 87.6. The molecule has 0 heterocycles. The van der Waals surface area contributed by atoms with E-state index in [0.29, 0.717) is 353 Å². The zero-order valence-electron chi connectivity index (χ0n) is 73.6. The Bertz CT molecular complexity index is 2920. The van der Waals surface area contributed by atoms with Gasteiger partial charge in [-0.3, -0.25) is 19.2 Å². The van der Waals surface area contributed by atoms with Crippen LogP contribution in [0.25, 0.3) is 11.1 Å². The summed E-state index contributed by atoms with van der Waals surface area (Å²) in [4.78, 5) is 62.4. The fraction of sp³-hybridized carbons (Fsp3) is 0.739. The molecule has 0 amide bonds. The predicted molar refractivity (Wildman–Crippen MR) is 447 cm³/mol. The number of esters is 3. The number of hydrogen-bond acceptors (Lipinski definition) is 34. The van der Waals surface area contributed by atoms with Crippen LogP contribution in [0, 0.1) is 0 Å². The summed E-state index contributed by atoms with van der Waals surface area (Å²) in [6.45, 7) is 31.4. The number of ether oxygens (including phenoxy) is 29. The van der Waals surface area contributed by atoms with Crippen LogP contribution in [0.5, 0.6) is 11.5 Å². The first-order chi connectivity index (χ1) is 59.6. The van der Waals surface area contributed by atoms with Crippen molar-refractivity contribution in [1.82, 2.24) is 0 Å². The molecule has 0 unspecified atom stereocenters.